The van der Waals surface area contributed by atoms with Crippen molar-refractivity contribution in [3.8, 4) is 0 Å². The van der Waals surface area contributed by atoms with Crippen LogP contribution in [0.5, 0.6) is 0 Å². The van der Waals surface area contributed by atoms with E-state index < -0.39 is 7.54 Å². The van der Waals surface area contributed by atoms with Gasteiger partial charge in [0.1, 0.15) is 6.54 Å². The molecule has 0 aromatic heterocycles. The zero-order valence-electron chi connectivity index (χ0n) is 15.0. The van der Waals surface area contributed by atoms with Gasteiger partial charge in [-0.05, 0) is 38.7 Å². The minimum atomic E-state index is -3.67. The minimum absolute atomic E-state index is 0. The molecule has 0 saturated carbocycles. The van der Waals surface area contributed by atoms with E-state index in [-0.39, 0.29) is 4.70 Å². The van der Waals surface area contributed by atoms with Crippen LogP contribution in [-0.4, -0.2) is 31.7 Å². The Morgan fingerprint density at radius 3 is 1.61 bits per heavy atom. The van der Waals surface area contributed by atoms with Crippen LogP contribution in [0.1, 0.15) is 58.1 Å². The Balaban J connectivity index is 0. The summed E-state index contributed by atoms with van der Waals surface area (Å²) in [5, 5.41) is 0. The first-order valence-electron chi connectivity index (χ1n) is 8.20. The van der Waals surface area contributed by atoms with Crippen molar-refractivity contribution in [1.82, 2.24) is 0 Å². The van der Waals surface area contributed by atoms with Crippen molar-refractivity contribution in [3.05, 3.63) is 35.4 Å². The Labute approximate surface area is 139 Å². The molecule has 1 aromatic rings. The van der Waals surface area contributed by atoms with Crippen LogP contribution in [0, 0.1) is 0 Å². The van der Waals surface area contributed by atoms with E-state index in [2.05, 4.69) is 58.9 Å². The Bertz CT molecular complexity index is 383. The second-order valence-electron chi connectivity index (χ2n) is 5.75. The molecule has 0 spiro atoms. The quantitative estimate of drug-likeness (QED) is 0.345. The molecule has 23 heavy (non-hydrogen) atoms. The van der Waals surface area contributed by atoms with Gasteiger partial charge >= 0.3 is 7.54 Å². The van der Waals surface area contributed by atoms with E-state index in [0.29, 0.717) is 5.92 Å². The highest BCUT2D eigenvalue weighted by molar-refractivity contribution is 6.33. The third kappa shape index (κ3) is 8.99. The summed E-state index contributed by atoms with van der Waals surface area (Å²) in [5.74, 6) is 0.682. The summed E-state index contributed by atoms with van der Waals surface area (Å²) in [6.45, 7) is 16.3. The lowest BCUT2D eigenvalue weighted by molar-refractivity contribution is -0.936. The summed E-state index contributed by atoms with van der Waals surface area (Å²) < 4.78 is 30.2. The van der Waals surface area contributed by atoms with Crippen LogP contribution >= 0.6 is 0 Å². The molecule has 134 valence electrons. The molecule has 0 amide bonds. The monoisotopic (exact) mass is 336 g/mol. The van der Waals surface area contributed by atoms with E-state index in [4.69, 9.17) is 0 Å². The molecule has 0 fully saturated rings. The number of nitrogens with zero attached hydrogens (tertiary/aromatic N) is 1. The largest absolute Gasteiger partial charge is 0.762 e. The first-order chi connectivity index (χ1) is 10.3. The van der Waals surface area contributed by atoms with E-state index in [1.54, 1.807) is 0 Å². The van der Waals surface area contributed by atoms with Gasteiger partial charge in [-0.3, -0.25) is 17.7 Å². The molecular weight excluding hydrogens is 305 g/mol. The molecule has 0 bridgehead atoms. The third-order valence-corrected chi connectivity index (χ3v) is 4.69. The molecule has 6 heteroatoms. The molecule has 0 saturated heterocycles. The Kier molecular flexibility index (Phi) is 13.1. The van der Waals surface area contributed by atoms with Crippen LogP contribution in [0.25, 0.3) is 0 Å². The molecule has 0 aliphatic carbocycles. The van der Waals surface area contributed by atoms with Crippen molar-refractivity contribution in [2.75, 3.05) is 19.6 Å². The van der Waals surface area contributed by atoms with E-state index in [1.165, 1.54) is 48.2 Å². The SMILES string of the molecule is CCC(C)c1ccc(C[N+](CC)(CC)CC)cc1.F.FB(F)F. The maximum atomic E-state index is 9.67. The maximum Gasteiger partial charge on any atom is 0.762 e. The van der Waals surface area contributed by atoms with Crippen molar-refractivity contribution < 1.29 is 22.1 Å². The minimum Gasteiger partial charge on any atom is -0.321 e. The number of halogens is 4. The first-order valence-corrected chi connectivity index (χ1v) is 8.20. The van der Waals surface area contributed by atoms with Gasteiger partial charge in [0.05, 0.1) is 19.6 Å². The average molecular weight is 336 g/mol. The van der Waals surface area contributed by atoms with Crippen LogP contribution in [0.4, 0.5) is 17.7 Å². The third-order valence-electron chi connectivity index (χ3n) is 4.69. The summed E-state index contributed by atoms with van der Waals surface area (Å²) in [5.41, 5.74) is 2.96. The van der Waals surface area contributed by atoms with Gasteiger partial charge in [-0.15, -0.1) is 0 Å². The number of hydrogen-bond acceptors (Lipinski definition) is 0. The summed E-state index contributed by atoms with van der Waals surface area (Å²) >= 11 is 0. The van der Waals surface area contributed by atoms with Gasteiger partial charge in [0, 0.05) is 5.56 Å². The van der Waals surface area contributed by atoms with E-state index in [1.807, 2.05) is 0 Å². The lowest BCUT2D eigenvalue weighted by atomic mass is 9.97. The molecule has 0 aliphatic heterocycles. The molecule has 1 aromatic carbocycles. The normalized spacial score (nSPS) is 11.8. The fraction of sp³-hybridized carbons (Fsp3) is 0.647. The zero-order valence-corrected chi connectivity index (χ0v) is 15.0. The van der Waals surface area contributed by atoms with Gasteiger partial charge in [-0.2, -0.15) is 0 Å². The predicted molar refractivity (Wildman–Crippen MR) is 92.3 cm³/mol. The molecular formula is C17H31BF4N+. The van der Waals surface area contributed by atoms with Crippen LogP contribution in [-0.2, 0) is 6.54 Å². The standard InChI is InChI=1S/C17H30N.BF3.FH/c1-6-15(5)17-12-10-16(11-13-17)14-18(7-2,8-3)9-4;2-1(3)4;/h10-13,15H,6-9,14H2,1-5H3;;1H/q+1;;. The fourth-order valence-corrected chi connectivity index (χ4v) is 2.58. The molecule has 0 heterocycles. The van der Waals surface area contributed by atoms with E-state index in [0.717, 1.165) is 0 Å². The molecule has 1 unspecified atom stereocenters. The Hall–Kier alpha value is -1.04. The summed E-state index contributed by atoms with van der Waals surface area (Å²) in [4.78, 5) is 0. The lowest BCUT2D eigenvalue weighted by Gasteiger charge is -2.36. The van der Waals surface area contributed by atoms with Gasteiger partial charge < -0.3 is 4.48 Å². The van der Waals surface area contributed by atoms with Gasteiger partial charge in [-0.25, -0.2) is 0 Å². The van der Waals surface area contributed by atoms with Gasteiger partial charge in [0.25, 0.3) is 0 Å². The Morgan fingerprint density at radius 2 is 1.30 bits per heavy atom. The number of benzene rings is 1. The van der Waals surface area contributed by atoms with Gasteiger partial charge in [-0.1, -0.05) is 38.1 Å². The second-order valence-corrected chi connectivity index (χ2v) is 5.75. The highest BCUT2D eigenvalue weighted by Crippen LogP contribution is 2.20. The maximum absolute atomic E-state index is 9.67. The second kappa shape index (κ2) is 12.4. The van der Waals surface area contributed by atoms with Crippen molar-refractivity contribution in [1.29, 1.82) is 0 Å². The smallest absolute Gasteiger partial charge is 0.321 e. The lowest BCUT2D eigenvalue weighted by Crippen LogP contribution is -2.46. The van der Waals surface area contributed by atoms with E-state index in [9.17, 15) is 12.9 Å². The average Bonchev–Trinajstić information content (AvgIpc) is 2.52. The van der Waals surface area contributed by atoms with Gasteiger partial charge in [0.15, 0.2) is 0 Å². The first kappa shape index (κ1) is 24.2. The van der Waals surface area contributed by atoms with Crippen molar-refractivity contribution in [2.45, 2.75) is 53.5 Å². The fourth-order valence-electron chi connectivity index (χ4n) is 2.58. The number of quaternary nitrogens is 1. The van der Waals surface area contributed by atoms with Crippen molar-refractivity contribution in [3.63, 3.8) is 0 Å². The number of rotatable bonds is 7. The highest BCUT2D eigenvalue weighted by Gasteiger charge is 2.21. The van der Waals surface area contributed by atoms with Crippen LogP contribution < -0.4 is 0 Å². The van der Waals surface area contributed by atoms with Crippen molar-refractivity contribution >= 4 is 7.54 Å². The van der Waals surface area contributed by atoms with E-state index >= 15 is 0 Å². The van der Waals surface area contributed by atoms with Crippen LogP contribution in [0.15, 0.2) is 24.3 Å². The molecule has 0 aliphatic rings. The van der Waals surface area contributed by atoms with Gasteiger partial charge in [0.2, 0.25) is 0 Å². The summed E-state index contributed by atoms with van der Waals surface area (Å²) in [7, 11) is -3.67. The van der Waals surface area contributed by atoms with Crippen LogP contribution in [0.3, 0.4) is 0 Å². The topological polar surface area (TPSA) is 0 Å². The molecule has 1 nitrogen and oxygen atoms in total. The Morgan fingerprint density at radius 1 is 0.913 bits per heavy atom. The zero-order chi connectivity index (χ0) is 17.2. The molecule has 0 radical (unpaired) electrons. The highest BCUT2D eigenvalue weighted by atomic mass is 19.4. The number of hydrogen-bond donors (Lipinski definition) is 0. The van der Waals surface area contributed by atoms with Crippen molar-refractivity contribution in [2.24, 2.45) is 0 Å². The predicted octanol–water partition coefficient (Wildman–Crippen LogP) is 5.61. The molecule has 1 atom stereocenters. The van der Waals surface area contributed by atoms with Crippen LogP contribution in [0.2, 0.25) is 0 Å². The summed E-state index contributed by atoms with van der Waals surface area (Å²) in [6.07, 6.45) is 1.22. The molecule has 1 rings (SSSR count). The summed E-state index contributed by atoms with van der Waals surface area (Å²) in [6, 6.07) is 9.29. The molecule has 0 N–H and O–H groups in total.